The molecule has 2 rings (SSSR count). The first kappa shape index (κ1) is 13.1. The number of rotatable bonds is 4. The number of nitrogen functional groups attached to an aromatic ring is 1. The van der Waals surface area contributed by atoms with Gasteiger partial charge < -0.3 is 10.3 Å². The van der Waals surface area contributed by atoms with Crippen LogP contribution in [0.2, 0.25) is 0 Å². The molecule has 0 atom stereocenters. The first-order valence-electron chi connectivity index (χ1n) is 6.58. The van der Waals surface area contributed by atoms with Crippen molar-refractivity contribution in [3.63, 3.8) is 0 Å². The SMILES string of the molecule is CCN(c1cc(NN)nc(C(C)(C)C)n1)C1CC1. The maximum absolute atomic E-state index is 5.51. The summed E-state index contributed by atoms with van der Waals surface area (Å²) in [6.45, 7) is 9.46. The van der Waals surface area contributed by atoms with Gasteiger partial charge in [0.05, 0.1) is 0 Å². The van der Waals surface area contributed by atoms with Gasteiger partial charge in [-0.05, 0) is 19.8 Å². The van der Waals surface area contributed by atoms with Crippen LogP contribution in [0.15, 0.2) is 6.07 Å². The summed E-state index contributed by atoms with van der Waals surface area (Å²) in [5, 5.41) is 0. The molecule has 1 fully saturated rings. The molecule has 0 aromatic carbocycles. The highest BCUT2D eigenvalue weighted by Crippen LogP contribution is 2.32. The Morgan fingerprint density at radius 2 is 2.06 bits per heavy atom. The molecule has 5 heteroatoms. The van der Waals surface area contributed by atoms with E-state index in [9.17, 15) is 0 Å². The fraction of sp³-hybridized carbons (Fsp3) is 0.692. The highest BCUT2D eigenvalue weighted by Gasteiger charge is 2.30. The minimum Gasteiger partial charge on any atom is -0.354 e. The van der Waals surface area contributed by atoms with E-state index in [4.69, 9.17) is 10.8 Å². The van der Waals surface area contributed by atoms with Crippen molar-refractivity contribution in [3.8, 4) is 0 Å². The van der Waals surface area contributed by atoms with Crippen LogP contribution < -0.4 is 16.2 Å². The van der Waals surface area contributed by atoms with Crippen LogP contribution in [0.4, 0.5) is 11.6 Å². The van der Waals surface area contributed by atoms with Gasteiger partial charge in [0, 0.05) is 24.1 Å². The monoisotopic (exact) mass is 249 g/mol. The largest absolute Gasteiger partial charge is 0.354 e. The molecule has 1 aromatic rings. The summed E-state index contributed by atoms with van der Waals surface area (Å²) in [4.78, 5) is 11.5. The van der Waals surface area contributed by atoms with Gasteiger partial charge in [0.15, 0.2) is 0 Å². The topological polar surface area (TPSA) is 67.1 Å². The maximum Gasteiger partial charge on any atom is 0.145 e. The second-order valence-electron chi connectivity index (χ2n) is 5.85. The molecule has 1 heterocycles. The second kappa shape index (κ2) is 4.72. The summed E-state index contributed by atoms with van der Waals surface area (Å²) in [6, 6.07) is 2.57. The lowest BCUT2D eigenvalue weighted by atomic mass is 9.96. The van der Waals surface area contributed by atoms with Gasteiger partial charge in [0.2, 0.25) is 0 Å². The van der Waals surface area contributed by atoms with Crippen LogP contribution in [0.5, 0.6) is 0 Å². The van der Waals surface area contributed by atoms with E-state index in [1.807, 2.05) is 6.07 Å². The predicted octanol–water partition coefficient (Wildman–Crippen LogP) is 2.05. The molecule has 100 valence electrons. The molecular formula is C13H23N5. The first-order valence-corrected chi connectivity index (χ1v) is 6.58. The molecule has 1 saturated carbocycles. The summed E-state index contributed by atoms with van der Waals surface area (Å²) in [5.74, 6) is 8.00. The molecule has 0 radical (unpaired) electrons. The van der Waals surface area contributed by atoms with Gasteiger partial charge in [-0.25, -0.2) is 15.8 Å². The zero-order valence-electron chi connectivity index (χ0n) is 11.7. The minimum atomic E-state index is -0.0788. The third-order valence-electron chi connectivity index (χ3n) is 3.15. The molecule has 1 aromatic heterocycles. The van der Waals surface area contributed by atoms with Gasteiger partial charge in [0.1, 0.15) is 17.5 Å². The average Bonchev–Trinajstić information content (AvgIpc) is 3.13. The van der Waals surface area contributed by atoms with Crippen LogP contribution >= 0.6 is 0 Å². The van der Waals surface area contributed by atoms with Gasteiger partial charge in [-0.15, -0.1) is 0 Å². The normalized spacial score (nSPS) is 15.6. The van der Waals surface area contributed by atoms with Crippen molar-refractivity contribution in [1.82, 2.24) is 9.97 Å². The van der Waals surface area contributed by atoms with Gasteiger partial charge in [-0.1, -0.05) is 20.8 Å². The molecule has 0 unspecified atom stereocenters. The Morgan fingerprint density at radius 1 is 1.39 bits per heavy atom. The van der Waals surface area contributed by atoms with Crippen molar-refractivity contribution < 1.29 is 0 Å². The number of hydrogen-bond donors (Lipinski definition) is 2. The maximum atomic E-state index is 5.51. The molecule has 3 N–H and O–H groups in total. The third-order valence-corrected chi connectivity index (χ3v) is 3.15. The van der Waals surface area contributed by atoms with Crippen molar-refractivity contribution in [3.05, 3.63) is 11.9 Å². The molecule has 0 saturated heterocycles. The molecule has 0 amide bonds. The van der Waals surface area contributed by atoms with Crippen molar-refractivity contribution in [2.45, 2.75) is 52.0 Å². The number of hydrogen-bond acceptors (Lipinski definition) is 5. The molecular weight excluding hydrogens is 226 g/mol. The lowest BCUT2D eigenvalue weighted by Crippen LogP contribution is -2.28. The fourth-order valence-corrected chi connectivity index (χ4v) is 1.98. The molecule has 0 aliphatic heterocycles. The number of anilines is 2. The number of hydrazine groups is 1. The predicted molar refractivity (Wildman–Crippen MR) is 74.6 cm³/mol. The molecule has 1 aliphatic carbocycles. The molecule has 0 spiro atoms. The highest BCUT2D eigenvalue weighted by molar-refractivity contribution is 5.50. The quantitative estimate of drug-likeness (QED) is 0.631. The molecule has 1 aliphatic rings. The van der Waals surface area contributed by atoms with Gasteiger partial charge >= 0.3 is 0 Å². The highest BCUT2D eigenvalue weighted by atomic mass is 15.3. The molecule has 5 nitrogen and oxygen atoms in total. The summed E-state index contributed by atoms with van der Waals surface area (Å²) in [7, 11) is 0. The van der Waals surface area contributed by atoms with Crippen LogP contribution in [0.3, 0.4) is 0 Å². The van der Waals surface area contributed by atoms with Crippen molar-refractivity contribution in [2.24, 2.45) is 5.84 Å². The van der Waals surface area contributed by atoms with E-state index in [1.165, 1.54) is 12.8 Å². The smallest absolute Gasteiger partial charge is 0.145 e. The number of nitrogens with zero attached hydrogens (tertiary/aromatic N) is 3. The minimum absolute atomic E-state index is 0.0788. The third kappa shape index (κ3) is 2.72. The lowest BCUT2D eigenvalue weighted by molar-refractivity contribution is 0.544. The van der Waals surface area contributed by atoms with Crippen LogP contribution in [0.25, 0.3) is 0 Å². The summed E-state index contributed by atoms with van der Waals surface area (Å²) >= 11 is 0. The van der Waals surface area contributed by atoms with E-state index in [1.54, 1.807) is 0 Å². The van der Waals surface area contributed by atoms with Gasteiger partial charge in [0.25, 0.3) is 0 Å². The van der Waals surface area contributed by atoms with Crippen LogP contribution in [0, 0.1) is 0 Å². The number of nitrogens with two attached hydrogens (primary N) is 1. The van der Waals surface area contributed by atoms with E-state index in [-0.39, 0.29) is 5.41 Å². The Balaban J connectivity index is 2.39. The van der Waals surface area contributed by atoms with Crippen molar-refractivity contribution in [1.29, 1.82) is 0 Å². The van der Waals surface area contributed by atoms with Crippen LogP contribution in [-0.2, 0) is 5.41 Å². The summed E-state index contributed by atoms with van der Waals surface area (Å²) in [6.07, 6.45) is 2.52. The lowest BCUT2D eigenvalue weighted by Gasteiger charge is -2.25. The van der Waals surface area contributed by atoms with Gasteiger partial charge in [-0.2, -0.15) is 0 Å². The summed E-state index contributed by atoms with van der Waals surface area (Å²) in [5.41, 5.74) is 2.56. The van der Waals surface area contributed by atoms with Gasteiger partial charge in [-0.3, -0.25) is 0 Å². The number of aromatic nitrogens is 2. The molecule has 18 heavy (non-hydrogen) atoms. The Kier molecular flexibility index (Phi) is 3.43. The zero-order valence-corrected chi connectivity index (χ0v) is 11.7. The van der Waals surface area contributed by atoms with E-state index in [0.29, 0.717) is 11.9 Å². The van der Waals surface area contributed by atoms with E-state index < -0.39 is 0 Å². The Morgan fingerprint density at radius 3 is 2.50 bits per heavy atom. The van der Waals surface area contributed by atoms with E-state index in [0.717, 1.165) is 18.2 Å². The Labute approximate surface area is 109 Å². The van der Waals surface area contributed by atoms with Crippen LogP contribution in [-0.4, -0.2) is 22.6 Å². The second-order valence-corrected chi connectivity index (χ2v) is 5.85. The van der Waals surface area contributed by atoms with Crippen molar-refractivity contribution in [2.75, 3.05) is 16.9 Å². The number of nitrogens with one attached hydrogen (secondary N) is 1. The Hall–Kier alpha value is -1.36. The van der Waals surface area contributed by atoms with Crippen LogP contribution in [0.1, 0.15) is 46.4 Å². The standard InChI is InChI=1S/C13H23N5/c1-5-18(9-6-7-9)11-8-10(17-14)15-12(16-11)13(2,3)4/h8-9H,5-7,14H2,1-4H3,(H,15,16,17). The van der Waals surface area contributed by atoms with E-state index in [2.05, 4.69) is 43.0 Å². The Bertz CT molecular complexity index is 420. The first-order chi connectivity index (χ1) is 8.45. The van der Waals surface area contributed by atoms with E-state index >= 15 is 0 Å². The zero-order chi connectivity index (χ0) is 13.3. The van der Waals surface area contributed by atoms with Crippen molar-refractivity contribution >= 4 is 11.6 Å². The summed E-state index contributed by atoms with van der Waals surface area (Å²) < 4.78 is 0. The average molecular weight is 249 g/mol. The fourth-order valence-electron chi connectivity index (χ4n) is 1.98. The molecule has 0 bridgehead atoms.